The van der Waals surface area contributed by atoms with Gasteiger partial charge in [-0.15, -0.1) is 0 Å². The maximum atomic E-state index is 5.12. The summed E-state index contributed by atoms with van der Waals surface area (Å²) in [6.07, 6.45) is 7.49. The highest BCUT2D eigenvalue weighted by molar-refractivity contribution is 5.55. The minimum absolute atomic E-state index is 0.471. The fourth-order valence-corrected chi connectivity index (χ4v) is 4.09. The van der Waals surface area contributed by atoms with Crippen LogP contribution in [-0.2, 0) is 6.42 Å². The van der Waals surface area contributed by atoms with E-state index in [1.807, 2.05) is 0 Å². The molecule has 0 aliphatic carbocycles. The molecular weight excluding hydrogens is 296 g/mol. The lowest BCUT2D eigenvalue weighted by Crippen LogP contribution is -2.30. The highest BCUT2D eigenvalue weighted by atomic mass is 15.4. The number of rotatable bonds is 2. The Morgan fingerprint density at radius 1 is 1.08 bits per heavy atom. The Bertz CT molecular complexity index is 701. The number of fused-ring (bicyclic) bond motifs is 1. The van der Waals surface area contributed by atoms with Crippen molar-refractivity contribution >= 4 is 5.82 Å². The van der Waals surface area contributed by atoms with E-state index >= 15 is 0 Å². The van der Waals surface area contributed by atoms with Crippen LogP contribution in [0.1, 0.15) is 55.0 Å². The number of anilines is 1. The van der Waals surface area contributed by atoms with Crippen LogP contribution in [0, 0.1) is 6.92 Å². The van der Waals surface area contributed by atoms with Gasteiger partial charge < -0.3 is 5.32 Å². The SMILES string of the molecule is Cc1ccc(-n2nc(C3CCCCN3C)c3c2NCCCC3)cc1. The summed E-state index contributed by atoms with van der Waals surface area (Å²) >= 11 is 0. The predicted molar refractivity (Wildman–Crippen MR) is 99.0 cm³/mol. The lowest BCUT2D eigenvalue weighted by Gasteiger charge is -2.31. The summed E-state index contributed by atoms with van der Waals surface area (Å²) in [6.45, 7) is 4.36. The standard InChI is InChI=1S/C20H28N4/c1-15-9-11-16(12-10-15)24-20-17(7-3-5-13-21-20)19(22-24)18-8-4-6-14-23(18)2/h9-12,18,21H,3-8,13-14H2,1-2H3. The quantitative estimate of drug-likeness (QED) is 0.903. The first-order chi connectivity index (χ1) is 11.7. The third-order valence-corrected chi connectivity index (χ3v) is 5.53. The van der Waals surface area contributed by atoms with Crippen molar-refractivity contribution in [2.24, 2.45) is 0 Å². The Hall–Kier alpha value is -1.81. The molecule has 4 heteroatoms. The van der Waals surface area contributed by atoms with Gasteiger partial charge in [-0.25, -0.2) is 4.68 Å². The number of likely N-dealkylation sites (tertiary alicyclic amines) is 1. The lowest BCUT2D eigenvalue weighted by molar-refractivity contribution is 0.182. The van der Waals surface area contributed by atoms with E-state index in [-0.39, 0.29) is 0 Å². The number of hydrogen-bond donors (Lipinski definition) is 1. The van der Waals surface area contributed by atoms with Crippen molar-refractivity contribution in [1.82, 2.24) is 14.7 Å². The molecule has 1 unspecified atom stereocenters. The zero-order valence-electron chi connectivity index (χ0n) is 14.9. The summed E-state index contributed by atoms with van der Waals surface area (Å²) in [6, 6.07) is 9.19. The molecule has 2 aliphatic heterocycles. The molecule has 2 aliphatic rings. The second-order valence-corrected chi connectivity index (χ2v) is 7.34. The molecule has 1 saturated heterocycles. The highest BCUT2D eigenvalue weighted by Crippen LogP contribution is 2.36. The Morgan fingerprint density at radius 2 is 1.92 bits per heavy atom. The number of nitrogens with zero attached hydrogens (tertiary/aromatic N) is 3. The van der Waals surface area contributed by atoms with Gasteiger partial charge in [0.2, 0.25) is 0 Å². The molecule has 24 heavy (non-hydrogen) atoms. The van der Waals surface area contributed by atoms with E-state index in [1.54, 1.807) is 0 Å². The van der Waals surface area contributed by atoms with Crippen molar-refractivity contribution in [2.45, 2.75) is 51.5 Å². The third-order valence-electron chi connectivity index (χ3n) is 5.53. The predicted octanol–water partition coefficient (Wildman–Crippen LogP) is 4.09. The molecule has 1 fully saturated rings. The van der Waals surface area contributed by atoms with Gasteiger partial charge in [0.1, 0.15) is 5.82 Å². The first-order valence-electron chi connectivity index (χ1n) is 9.37. The molecule has 4 nitrogen and oxygen atoms in total. The zero-order chi connectivity index (χ0) is 16.5. The fraction of sp³-hybridized carbons (Fsp3) is 0.550. The van der Waals surface area contributed by atoms with Crippen LogP contribution in [-0.4, -0.2) is 34.8 Å². The minimum Gasteiger partial charge on any atom is -0.370 e. The topological polar surface area (TPSA) is 33.1 Å². The van der Waals surface area contributed by atoms with Crippen LogP contribution in [0.5, 0.6) is 0 Å². The summed E-state index contributed by atoms with van der Waals surface area (Å²) in [4.78, 5) is 2.50. The van der Waals surface area contributed by atoms with Crippen molar-refractivity contribution in [2.75, 3.05) is 25.5 Å². The Morgan fingerprint density at radius 3 is 2.71 bits per heavy atom. The summed E-state index contributed by atoms with van der Waals surface area (Å²) < 4.78 is 2.15. The molecule has 0 radical (unpaired) electrons. The lowest BCUT2D eigenvalue weighted by atomic mass is 9.96. The van der Waals surface area contributed by atoms with E-state index in [2.05, 4.69) is 53.1 Å². The molecule has 0 saturated carbocycles. The normalized spacial score (nSPS) is 21.8. The van der Waals surface area contributed by atoms with Crippen LogP contribution in [0.4, 0.5) is 5.82 Å². The number of aryl methyl sites for hydroxylation is 1. The van der Waals surface area contributed by atoms with Crippen molar-refractivity contribution in [1.29, 1.82) is 0 Å². The average molecular weight is 324 g/mol. The Labute approximate surface area is 144 Å². The third kappa shape index (κ3) is 2.84. The molecule has 3 heterocycles. The summed E-state index contributed by atoms with van der Waals surface area (Å²) in [5.41, 5.74) is 5.21. The molecule has 4 rings (SSSR count). The first-order valence-corrected chi connectivity index (χ1v) is 9.37. The van der Waals surface area contributed by atoms with Crippen LogP contribution < -0.4 is 5.32 Å². The molecule has 1 N–H and O–H groups in total. The minimum atomic E-state index is 0.471. The van der Waals surface area contributed by atoms with Crippen LogP contribution in [0.25, 0.3) is 5.69 Å². The summed E-state index contributed by atoms with van der Waals surface area (Å²) in [5.74, 6) is 1.23. The van der Waals surface area contributed by atoms with Crippen molar-refractivity contribution in [3.8, 4) is 5.69 Å². The summed E-state index contributed by atoms with van der Waals surface area (Å²) in [5, 5.41) is 8.78. The maximum absolute atomic E-state index is 5.12. The van der Waals surface area contributed by atoms with Gasteiger partial charge in [0.15, 0.2) is 0 Å². The molecule has 0 spiro atoms. The van der Waals surface area contributed by atoms with Gasteiger partial charge in [-0.3, -0.25) is 4.90 Å². The van der Waals surface area contributed by atoms with E-state index in [0.29, 0.717) is 6.04 Å². The van der Waals surface area contributed by atoms with E-state index in [9.17, 15) is 0 Å². The first kappa shape index (κ1) is 15.7. The zero-order valence-corrected chi connectivity index (χ0v) is 14.9. The van der Waals surface area contributed by atoms with E-state index < -0.39 is 0 Å². The fourth-order valence-electron chi connectivity index (χ4n) is 4.09. The molecule has 0 bridgehead atoms. The van der Waals surface area contributed by atoms with Gasteiger partial charge in [-0.2, -0.15) is 5.10 Å². The second-order valence-electron chi connectivity index (χ2n) is 7.34. The molecular formula is C20H28N4. The van der Waals surface area contributed by atoms with Crippen molar-refractivity contribution < 1.29 is 0 Å². The van der Waals surface area contributed by atoms with Gasteiger partial charge >= 0.3 is 0 Å². The molecule has 2 aromatic rings. The van der Waals surface area contributed by atoms with Crippen molar-refractivity contribution in [3.05, 3.63) is 41.1 Å². The van der Waals surface area contributed by atoms with E-state index in [4.69, 9.17) is 5.10 Å². The number of piperidine rings is 1. The molecule has 1 atom stereocenters. The van der Waals surface area contributed by atoms with Gasteiger partial charge in [0, 0.05) is 12.1 Å². The highest BCUT2D eigenvalue weighted by Gasteiger charge is 2.29. The van der Waals surface area contributed by atoms with E-state index in [0.717, 1.165) is 18.7 Å². The van der Waals surface area contributed by atoms with Crippen LogP contribution in [0.2, 0.25) is 0 Å². The number of hydrogen-bond acceptors (Lipinski definition) is 3. The van der Waals surface area contributed by atoms with Crippen LogP contribution >= 0.6 is 0 Å². The van der Waals surface area contributed by atoms with Gasteiger partial charge in [0.05, 0.1) is 17.4 Å². The molecule has 1 aromatic heterocycles. The second kappa shape index (κ2) is 6.60. The maximum Gasteiger partial charge on any atom is 0.133 e. The van der Waals surface area contributed by atoms with Crippen LogP contribution in [0.3, 0.4) is 0 Å². The van der Waals surface area contributed by atoms with Crippen molar-refractivity contribution in [3.63, 3.8) is 0 Å². The Kier molecular flexibility index (Phi) is 4.31. The number of benzene rings is 1. The largest absolute Gasteiger partial charge is 0.370 e. The molecule has 128 valence electrons. The van der Waals surface area contributed by atoms with Gasteiger partial charge in [-0.05, 0) is 64.8 Å². The number of nitrogens with one attached hydrogen (secondary N) is 1. The summed E-state index contributed by atoms with van der Waals surface area (Å²) in [7, 11) is 2.26. The monoisotopic (exact) mass is 324 g/mol. The Balaban J connectivity index is 1.80. The molecule has 1 aromatic carbocycles. The number of aromatic nitrogens is 2. The smallest absolute Gasteiger partial charge is 0.133 e. The molecule has 0 amide bonds. The average Bonchev–Trinajstić information content (AvgIpc) is 2.78. The van der Waals surface area contributed by atoms with Crippen LogP contribution in [0.15, 0.2) is 24.3 Å². The van der Waals surface area contributed by atoms with Gasteiger partial charge in [0.25, 0.3) is 0 Å². The van der Waals surface area contributed by atoms with E-state index in [1.165, 1.54) is 61.3 Å². The van der Waals surface area contributed by atoms with Gasteiger partial charge in [-0.1, -0.05) is 24.1 Å².